The average Bonchev–Trinajstić information content (AvgIpc) is 3.68. The molecule has 3 nitrogen and oxygen atoms in total. The zero-order valence-corrected chi connectivity index (χ0v) is 17.7. The van der Waals surface area contributed by atoms with Crippen molar-refractivity contribution in [1.29, 1.82) is 0 Å². The lowest BCUT2D eigenvalue weighted by Crippen LogP contribution is -2.37. The maximum atomic E-state index is 13.7. The number of hydrogen-bond acceptors (Lipinski definition) is 3. The second-order valence-electron chi connectivity index (χ2n) is 9.17. The van der Waals surface area contributed by atoms with Gasteiger partial charge < -0.3 is 0 Å². The zero-order chi connectivity index (χ0) is 24.9. The Bertz CT molecular complexity index is 1020. The third-order valence-electron chi connectivity index (χ3n) is 6.99. The quantitative estimate of drug-likeness (QED) is 0.331. The van der Waals surface area contributed by atoms with Gasteiger partial charge in [-0.3, -0.25) is 14.4 Å². The SMILES string of the molecule is O=C(CC1(C(=O)C2(CC(=O)c3ccccc3)CC2C(F)(F)F)CC1C(F)(F)F)c1ccccc1. The summed E-state index contributed by atoms with van der Waals surface area (Å²) < 4.78 is 82.0. The summed E-state index contributed by atoms with van der Waals surface area (Å²) in [6, 6.07) is 14.7. The summed E-state index contributed by atoms with van der Waals surface area (Å²) >= 11 is 0. The van der Waals surface area contributed by atoms with Crippen molar-refractivity contribution in [2.45, 2.75) is 38.0 Å². The van der Waals surface area contributed by atoms with E-state index in [2.05, 4.69) is 0 Å². The van der Waals surface area contributed by atoms with E-state index in [9.17, 15) is 40.7 Å². The second-order valence-corrected chi connectivity index (χ2v) is 9.17. The van der Waals surface area contributed by atoms with Crippen molar-refractivity contribution in [3.8, 4) is 0 Å². The summed E-state index contributed by atoms with van der Waals surface area (Å²) in [5.74, 6) is -7.24. The van der Waals surface area contributed by atoms with E-state index in [1.807, 2.05) is 0 Å². The van der Waals surface area contributed by atoms with Crippen molar-refractivity contribution < 1.29 is 40.7 Å². The average molecular weight is 482 g/mol. The van der Waals surface area contributed by atoms with Crippen LogP contribution in [0.5, 0.6) is 0 Å². The first-order valence-corrected chi connectivity index (χ1v) is 10.7. The van der Waals surface area contributed by atoms with E-state index in [1.165, 1.54) is 48.5 Å². The molecule has 180 valence electrons. The molecule has 2 aliphatic rings. The minimum Gasteiger partial charge on any atom is -0.298 e. The Morgan fingerprint density at radius 2 is 0.971 bits per heavy atom. The Hall–Kier alpha value is -2.97. The molecule has 0 aliphatic heterocycles. The van der Waals surface area contributed by atoms with Gasteiger partial charge >= 0.3 is 12.4 Å². The zero-order valence-electron chi connectivity index (χ0n) is 17.7. The molecule has 2 aromatic carbocycles. The molecule has 0 saturated heterocycles. The largest absolute Gasteiger partial charge is 0.392 e. The standard InChI is InChI=1S/C25H20F6O3/c26-24(27,28)19-13-22(19,11-17(32)15-7-3-1-4-8-15)21(34)23(14-20(23)25(29,30)31)12-18(33)16-9-5-2-6-10-16/h1-10,19-20H,11-14H2. The van der Waals surface area contributed by atoms with Gasteiger partial charge in [0.15, 0.2) is 11.6 Å². The summed E-state index contributed by atoms with van der Waals surface area (Å²) in [5.41, 5.74) is -4.47. The van der Waals surface area contributed by atoms with Gasteiger partial charge in [-0.15, -0.1) is 0 Å². The molecule has 4 rings (SSSR count). The molecule has 4 unspecified atom stereocenters. The number of carbonyl (C=O) groups excluding carboxylic acids is 3. The molecule has 2 saturated carbocycles. The third kappa shape index (κ3) is 4.28. The van der Waals surface area contributed by atoms with Crippen LogP contribution in [0.15, 0.2) is 60.7 Å². The maximum absolute atomic E-state index is 13.7. The fourth-order valence-electron chi connectivity index (χ4n) is 5.04. The van der Waals surface area contributed by atoms with Crippen molar-refractivity contribution in [3.05, 3.63) is 71.8 Å². The van der Waals surface area contributed by atoms with Gasteiger partial charge in [0.05, 0.1) is 11.8 Å². The number of hydrogen-bond donors (Lipinski definition) is 0. The Kier molecular flexibility index (Phi) is 5.73. The lowest BCUT2D eigenvalue weighted by molar-refractivity contribution is -0.169. The van der Waals surface area contributed by atoms with Gasteiger partial charge in [-0.2, -0.15) is 26.3 Å². The van der Waals surface area contributed by atoms with E-state index in [1.54, 1.807) is 12.1 Å². The molecular formula is C25H20F6O3. The van der Waals surface area contributed by atoms with Crippen molar-refractivity contribution in [3.63, 3.8) is 0 Å². The van der Waals surface area contributed by atoms with Crippen molar-refractivity contribution in [1.82, 2.24) is 0 Å². The number of rotatable bonds is 8. The molecule has 0 spiro atoms. The summed E-state index contributed by atoms with van der Waals surface area (Å²) in [7, 11) is 0. The number of carbonyl (C=O) groups is 3. The van der Waals surface area contributed by atoms with Gasteiger partial charge in [0.1, 0.15) is 5.78 Å². The smallest absolute Gasteiger partial charge is 0.298 e. The first kappa shape index (κ1) is 24.2. The lowest BCUT2D eigenvalue weighted by atomic mass is 9.77. The minimum absolute atomic E-state index is 0.0695. The summed E-state index contributed by atoms with van der Waals surface area (Å²) in [5, 5.41) is 0. The fraction of sp³-hybridized carbons (Fsp3) is 0.400. The molecule has 0 amide bonds. The summed E-state index contributed by atoms with van der Waals surface area (Å²) in [6.07, 6.45) is -13.0. The van der Waals surface area contributed by atoms with Crippen LogP contribution in [0.2, 0.25) is 0 Å². The molecule has 0 N–H and O–H groups in total. The molecule has 2 aromatic rings. The first-order chi connectivity index (χ1) is 15.8. The van der Waals surface area contributed by atoms with E-state index in [0.29, 0.717) is 0 Å². The topological polar surface area (TPSA) is 51.2 Å². The van der Waals surface area contributed by atoms with E-state index in [0.717, 1.165) is 0 Å². The molecule has 34 heavy (non-hydrogen) atoms. The molecule has 0 aromatic heterocycles. The molecule has 0 heterocycles. The minimum atomic E-state index is -4.86. The predicted octanol–water partition coefficient (Wildman–Crippen LogP) is 6.24. The number of halogens is 6. The normalized spacial score (nSPS) is 28.3. The highest BCUT2D eigenvalue weighted by molar-refractivity contribution is 6.07. The van der Waals surface area contributed by atoms with Crippen LogP contribution in [0.3, 0.4) is 0 Å². The number of benzene rings is 2. The van der Waals surface area contributed by atoms with Crippen LogP contribution in [0.4, 0.5) is 26.3 Å². The second kappa shape index (κ2) is 8.06. The van der Waals surface area contributed by atoms with Crippen LogP contribution in [-0.4, -0.2) is 29.7 Å². The third-order valence-corrected chi connectivity index (χ3v) is 6.99. The molecular weight excluding hydrogens is 462 g/mol. The number of Topliss-reactive ketones (excluding diaryl/α,β-unsaturated/α-hetero) is 3. The van der Waals surface area contributed by atoms with Crippen molar-refractivity contribution in [2.75, 3.05) is 0 Å². The molecule has 2 fully saturated rings. The van der Waals surface area contributed by atoms with Gasteiger partial charge in [0, 0.05) is 34.8 Å². The van der Waals surface area contributed by atoms with Crippen molar-refractivity contribution >= 4 is 17.3 Å². The number of ketones is 3. The van der Waals surface area contributed by atoms with Crippen LogP contribution in [0, 0.1) is 22.7 Å². The molecule has 2 aliphatic carbocycles. The Labute approximate surface area is 191 Å². The van der Waals surface area contributed by atoms with Crippen LogP contribution >= 0.6 is 0 Å². The van der Waals surface area contributed by atoms with Crippen LogP contribution in [0.25, 0.3) is 0 Å². The van der Waals surface area contributed by atoms with E-state index in [4.69, 9.17) is 0 Å². The molecule has 0 radical (unpaired) electrons. The van der Waals surface area contributed by atoms with Gasteiger partial charge in [-0.05, 0) is 12.8 Å². The predicted molar refractivity (Wildman–Crippen MR) is 109 cm³/mol. The van der Waals surface area contributed by atoms with Crippen LogP contribution in [0.1, 0.15) is 46.4 Å². The Morgan fingerprint density at radius 3 is 1.24 bits per heavy atom. The number of alkyl halides is 6. The Balaban J connectivity index is 1.69. The van der Waals surface area contributed by atoms with Crippen LogP contribution < -0.4 is 0 Å². The van der Waals surface area contributed by atoms with Gasteiger partial charge in [0.25, 0.3) is 0 Å². The fourth-order valence-corrected chi connectivity index (χ4v) is 5.04. The lowest BCUT2D eigenvalue weighted by Gasteiger charge is -2.25. The highest BCUT2D eigenvalue weighted by atomic mass is 19.4. The van der Waals surface area contributed by atoms with Gasteiger partial charge in [-0.25, -0.2) is 0 Å². The van der Waals surface area contributed by atoms with Gasteiger partial charge in [-0.1, -0.05) is 60.7 Å². The highest BCUT2D eigenvalue weighted by Gasteiger charge is 2.80. The first-order valence-electron chi connectivity index (χ1n) is 10.7. The Morgan fingerprint density at radius 1 is 0.647 bits per heavy atom. The molecule has 4 atom stereocenters. The van der Waals surface area contributed by atoms with E-state index in [-0.39, 0.29) is 11.1 Å². The van der Waals surface area contributed by atoms with Crippen LogP contribution in [-0.2, 0) is 4.79 Å². The van der Waals surface area contributed by atoms with E-state index < -0.39 is 78.1 Å². The summed E-state index contributed by atoms with van der Waals surface area (Å²) in [4.78, 5) is 39.0. The van der Waals surface area contributed by atoms with Crippen molar-refractivity contribution in [2.24, 2.45) is 22.7 Å². The summed E-state index contributed by atoms with van der Waals surface area (Å²) in [6.45, 7) is 0. The molecule has 9 heteroatoms. The maximum Gasteiger partial charge on any atom is 0.392 e. The monoisotopic (exact) mass is 482 g/mol. The highest BCUT2D eigenvalue weighted by Crippen LogP contribution is 2.72. The van der Waals surface area contributed by atoms with E-state index >= 15 is 0 Å². The van der Waals surface area contributed by atoms with Gasteiger partial charge in [0.2, 0.25) is 0 Å². The molecule has 0 bridgehead atoms.